The minimum Gasteiger partial charge on any atom is -0.389 e. The zero-order valence-corrected chi connectivity index (χ0v) is 16.5. The van der Waals surface area contributed by atoms with E-state index in [1.807, 2.05) is 12.3 Å². The molecule has 2 aliphatic rings. The summed E-state index contributed by atoms with van der Waals surface area (Å²) in [6.45, 7) is 0. The Morgan fingerprint density at radius 1 is 1.45 bits per heavy atom. The van der Waals surface area contributed by atoms with Crippen LogP contribution >= 0.6 is 11.8 Å². The zero-order valence-electron chi connectivity index (χ0n) is 15.7. The van der Waals surface area contributed by atoms with Gasteiger partial charge in [0.1, 0.15) is 5.69 Å². The topological polar surface area (TPSA) is 95.0 Å². The Morgan fingerprint density at radius 3 is 2.86 bits per heavy atom. The molecule has 0 aliphatic heterocycles. The van der Waals surface area contributed by atoms with E-state index in [-0.39, 0.29) is 11.6 Å². The third-order valence-corrected chi connectivity index (χ3v) is 5.93. The van der Waals surface area contributed by atoms with Gasteiger partial charge in [-0.1, -0.05) is 12.2 Å². The van der Waals surface area contributed by atoms with Crippen molar-refractivity contribution in [2.75, 3.05) is 11.6 Å². The molecule has 3 rings (SSSR count). The number of aliphatic hydroxyl groups excluding tert-OH is 1. The summed E-state index contributed by atoms with van der Waals surface area (Å²) in [7, 11) is 0. The van der Waals surface area contributed by atoms with Gasteiger partial charge in [0.15, 0.2) is 0 Å². The Labute approximate surface area is 171 Å². The summed E-state index contributed by atoms with van der Waals surface area (Å²) in [5.41, 5.74) is 7.75. The summed E-state index contributed by atoms with van der Waals surface area (Å²) in [6, 6.07) is 3.99. The monoisotopic (exact) mass is 422 g/mol. The molecule has 9 heteroatoms. The number of halogens is 3. The summed E-state index contributed by atoms with van der Waals surface area (Å²) in [5.74, 6) is -0.217. The predicted octanol–water partition coefficient (Wildman–Crippen LogP) is 3.97. The fourth-order valence-corrected chi connectivity index (χ4v) is 4.36. The van der Waals surface area contributed by atoms with E-state index in [9.17, 15) is 18.3 Å². The number of hydrogen-bond donors (Lipinski definition) is 3. The number of rotatable bonds is 5. The highest BCUT2D eigenvalue weighted by molar-refractivity contribution is 8.02. The van der Waals surface area contributed by atoms with Gasteiger partial charge in [0.2, 0.25) is 0 Å². The van der Waals surface area contributed by atoms with Crippen molar-refractivity contribution in [2.24, 2.45) is 11.7 Å². The Kier molecular flexibility index (Phi) is 6.36. The van der Waals surface area contributed by atoms with Crippen molar-refractivity contribution in [1.82, 2.24) is 4.98 Å². The first-order chi connectivity index (χ1) is 13.7. The maximum Gasteiger partial charge on any atom is 0.433 e. The molecule has 0 spiro atoms. The Bertz CT molecular complexity index is 917. The number of aliphatic hydroxyl groups is 1. The molecule has 1 heterocycles. The molecular formula is C20H21F3N4OS. The fraction of sp³-hybridized carbons (Fsp3) is 0.400. The summed E-state index contributed by atoms with van der Waals surface area (Å²) in [4.78, 5) is 4.34. The van der Waals surface area contributed by atoms with E-state index in [0.29, 0.717) is 30.5 Å². The Balaban J connectivity index is 1.92. The van der Waals surface area contributed by atoms with E-state index in [2.05, 4.69) is 16.4 Å². The first kappa shape index (κ1) is 21.4. The molecule has 2 aliphatic carbocycles. The summed E-state index contributed by atoms with van der Waals surface area (Å²) >= 11 is 1.51. The van der Waals surface area contributed by atoms with Gasteiger partial charge < -0.3 is 16.2 Å². The van der Waals surface area contributed by atoms with Gasteiger partial charge in [-0.25, -0.2) is 0 Å². The number of alkyl halides is 3. The number of anilines is 1. The minimum absolute atomic E-state index is 0.217. The highest BCUT2D eigenvalue weighted by Crippen LogP contribution is 2.38. The van der Waals surface area contributed by atoms with E-state index >= 15 is 0 Å². The second-order valence-electron chi connectivity index (χ2n) is 6.90. The summed E-state index contributed by atoms with van der Waals surface area (Å²) in [6.07, 6.45) is 2.76. The number of aromatic nitrogens is 1. The highest BCUT2D eigenvalue weighted by Gasteiger charge is 2.34. The molecule has 0 fully saturated rings. The standard InChI is InChI=1S/C20H21F3N4OS/c1-29-16-8-11(10-24)2-3-13(16)19(25)18-14(4-5-15(18)28)27-12-6-7-26-17(9-12)20(21,22)23/h2-3,6-7,9,11,15,19,28H,4-5,8,25H2,1H3,(H,26,27). The van der Waals surface area contributed by atoms with Gasteiger partial charge in [-0.3, -0.25) is 4.98 Å². The van der Waals surface area contributed by atoms with E-state index in [1.165, 1.54) is 17.8 Å². The molecule has 0 aromatic carbocycles. The van der Waals surface area contributed by atoms with Crippen LogP contribution in [0.4, 0.5) is 18.9 Å². The van der Waals surface area contributed by atoms with Gasteiger partial charge in [0, 0.05) is 17.6 Å². The van der Waals surface area contributed by atoms with Crippen LogP contribution in [0.25, 0.3) is 0 Å². The lowest BCUT2D eigenvalue weighted by molar-refractivity contribution is -0.141. The molecule has 0 saturated heterocycles. The number of nitrogens with zero attached hydrogens (tertiary/aromatic N) is 2. The molecule has 0 amide bonds. The van der Waals surface area contributed by atoms with Crippen molar-refractivity contribution >= 4 is 17.4 Å². The molecule has 4 N–H and O–H groups in total. The van der Waals surface area contributed by atoms with Gasteiger partial charge in [0.25, 0.3) is 0 Å². The number of thioether (sulfide) groups is 1. The van der Waals surface area contributed by atoms with Crippen molar-refractivity contribution < 1.29 is 18.3 Å². The lowest BCUT2D eigenvalue weighted by atomic mass is 9.89. The van der Waals surface area contributed by atoms with Gasteiger partial charge in [-0.2, -0.15) is 18.4 Å². The SMILES string of the molecule is CSC1=C(C(N)C2=C(Nc3ccnc(C(F)(F)F)c3)CCC2O)C=CC(C#N)C1. The van der Waals surface area contributed by atoms with Crippen LogP contribution in [0.15, 0.2) is 52.2 Å². The van der Waals surface area contributed by atoms with Crippen LogP contribution in [0.1, 0.15) is 25.0 Å². The van der Waals surface area contributed by atoms with Gasteiger partial charge in [0.05, 0.1) is 24.1 Å². The van der Waals surface area contributed by atoms with E-state index in [1.54, 1.807) is 6.08 Å². The van der Waals surface area contributed by atoms with Gasteiger partial charge in [-0.15, -0.1) is 11.8 Å². The fourth-order valence-electron chi connectivity index (χ4n) is 3.58. The zero-order chi connectivity index (χ0) is 21.2. The Morgan fingerprint density at radius 2 is 2.21 bits per heavy atom. The molecule has 5 nitrogen and oxygen atoms in total. The predicted molar refractivity (Wildman–Crippen MR) is 107 cm³/mol. The van der Waals surface area contributed by atoms with Gasteiger partial charge in [-0.05, 0) is 53.7 Å². The third kappa shape index (κ3) is 4.66. The number of nitrogens with two attached hydrogens (primary N) is 1. The van der Waals surface area contributed by atoms with Crippen LogP contribution in [0, 0.1) is 17.2 Å². The molecule has 1 aromatic heterocycles. The van der Waals surface area contributed by atoms with Crippen LogP contribution in [0.3, 0.4) is 0 Å². The van der Waals surface area contributed by atoms with Crippen LogP contribution in [-0.2, 0) is 6.18 Å². The van der Waals surface area contributed by atoms with Crippen LogP contribution in [-0.4, -0.2) is 28.5 Å². The quantitative estimate of drug-likeness (QED) is 0.665. The first-order valence-corrected chi connectivity index (χ1v) is 10.3. The maximum atomic E-state index is 12.9. The smallest absolute Gasteiger partial charge is 0.389 e. The van der Waals surface area contributed by atoms with Crippen molar-refractivity contribution in [1.29, 1.82) is 5.26 Å². The van der Waals surface area contributed by atoms with Crippen LogP contribution in [0.2, 0.25) is 0 Å². The van der Waals surface area contributed by atoms with Crippen molar-refractivity contribution in [3.63, 3.8) is 0 Å². The van der Waals surface area contributed by atoms with Crippen molar-refractivity contribution in [3.8, 4) is 6.07 Å². The molecule has 29 heavy (non-hydrogen) atoms. The van der Waals surface area contributed by atoms with Crippen LogP contribution in [0.5, 0.6) is 0 Å². The molecule has 0 bridgehead atoms. The number of nitriles is 1. The second-order valence-corrected chi connectivity index (χ2v) is 7.80. The lowest BCUT2D eigenvalue weighted by Crippen LogP contribution is -2.32. The van der Waals surface area contributed by atoms with Crippen molar-refractivity contribution in [3.05, 3.63) is 57.9 Å². The summed E-state index contributed by atoms with van der Waals surface area (Å²) in [5, 5.41) is 22.7. The molecule has 0 radical (unpaired) electrons. The average Bonchev–Trinajstić information content (AvgIpc) is 3.06. The van der Waals surface area contributed by atoms with E-state index in [4.69, 9.17) is 11.0 Å². The minimum atomic E-state index is -4.54. The third-order valence-electron chi connectivity index (χ3n) is 5.04. The molecule has 0 saturated carbocycles. The second kappa shape index (κ2) is 8.61. The van der Waals surface area contributed by atoms with E-state index < -0.39 is 24.0 Å². The van der Waals surface area contributed by atoms with Crippen LogP contribution < -0.4 is 11.1 Å². The largest absolute Gasteiger partial charge is 0.433 e. The Hall–Kier alpha value is -2.28. The normalized spacial score (nSPS) is 23.3. The lowest BCUT2D eigenvalue weighted by Gasteiger charge is -2.26. The molecular weight excluding hydrogens is 401 g/mol. The first-order valence-electron chi connectivity index (χ1n) is 9.06. The summed E-state index contributed by atoms with van der Waals surface area (Å²) < 4.78 is 38.8. The number of nitrogens with one attached hydrogen (secondary N) is 1. The number of allylic oxidation sites excluding steroid dienone is 3. The van der Waals surface area contributed by atoms with Crippen molar-refractivity contribution in [2.45, 2.75) is 37.6 Å². The number of hydrogen-bond acceptors (Lipinski definition) is 6. The average molecular weight is 422 g/mol. The molecule has 154 valence electrons. The van der Waals surface area contributed by atoms with E-state index in [0.717, 1.165) is 22.7 Å². The molecule has 3 atom stereocenters. The molecule has 3 unspecified atom stereocenters. The number of pyridine rings is 1. The van der Waals surface area contributed by atoms with Gasteiger partial charge >= 0.3 is 6.18 Å². The highest BCUT2D eigenvalue weighted by atomic mass is 32.2. The maximum absolute atomic E-state index is 12.9. The molecule has 1 aromatic rings.